The van der Waals surface area contributed by atoms with Crippen LogP contribution < -0.4 is 14.4 Å². The maximum Gasteiger partial charge on any atom is 0.227 e. The number of rotatable bonds is 7. The molecule has 1 saturated heterocycles. The molecule has 34 heavy (non-hydrogen) atoms. The number of fused-ring (bicyclic) bond motifs is 1. The van der Waals surface area contributed by atoms with Crippen LogP contribution in [0.5, 0.6) is 11.5 Å². The first-order valence-corrected chi connectivity index (χ1v) is 11.7. The van der Waals surface area contributed by atoms with Gasteiger partial charge in [-0.05, 0) is 67.1 Å². The topological polar surface area (TPSA) is 56.6 Å². The molecule has 3 aromatic carbocycles. The van der Waals surface area contributed by atoms with Crippen LogP contribution in [0.15, 0.2) is 66.7 Å². The van der Waals surface area contributed by atoms with Gasteiger partial charge in [-0.2, -0.15) is 0 Å². The summed E-state index contributed by atoms with van der Waals surface area (Å²) in [5.74, 6) is 2.59. The maximum absolute atomic E-state index is 13.0. The Kier molecular flexibility index (Phi) is 6.16. The molecule has 5 rings (SSSR count). The summed E-state index contributed by atoms with van der Waals surface area (Å²) in [6.07, 6.45) is 0.421. The minimum atomic E-state index is -0.00290. The lowest BCUT2D eigenvalue weighted by atomic mass is 10.1. The van der Waals surface area contributed by atoms with Crippen LogP contribution in [-0.4, -0.2) is 35.7 Å². The first-order valence-electron chi connectivity index (χ1n) is 11.3. The van der Waals surface area contributed by atoms with Crippen molar-refractivity contribution >= 4 is 34.2 Å². The highest BCUT2D eigenvalue weighted by Crippen LogP contribution is 2.34. The van der Waals surface area contributed by atoms with Crippen LogP contribution in [-0.2, 0) is 11.3 Å². The number of hydrogen-bond acceptors (Lipinski definition) is 4. The number of aromatic nitrogens is 2. The van der Waals surface area contributed by atoms with Crippen molar-refractivity contribution in [3.63, 3.8) is 0 Å². The van der Waals surface area contributed by atoms with E-state index in [2.05, 4.69) is 10.6 Å². The predicted octanol–water partition coefficient (Wildman–Crippen LogP) is 5.61. The second-order valence-corrected chi connectivity index (χ2v) is 8.88. The van der Waals surface area contributed by atoms with Crippen molar-refractivity contribution in [2.75, 3.05) is 25.2 Å². The standard InChI is InChI=1S/C27H26ClN3O3/c1-18-15-20(7-12-23(18)28)31-17-19(16-26(31)32)27-29-24-5-3-4-6-25(24)30(27)13-14-34-22-10-8-21(33-2)9-11-22/h3-12,15,19H,13-14,16-17H2,1-2H3/t19-/m1/s1. The van der Waals surface area contributed by atoms with Crippen molar-refractivity contribution in [1.82, 2.24) is 9.55 Å². The van der Waals surface area contributed by atoms with E-state index in [1.807, 2.05) is 72.5 Å². The summed E-state index contributed by atoms with van der Waals surface area (Å²) < 4.78 is 13.4. The number of methoxy groups -OCH3 is 1. The van der Waals surface area contributed by atoms with Crippen LogP contribution in [0.25, 0.3) is 11.0 Å². The molecule has 1 fully saturated rings. The van der Waals surface area contributed by atoms with Gasteiger partial charge in [0.15, 0.2) is 0 Å². The molecule has 4 aromatic rings. The molecular weight excluding hydrogens is 450 g/mol. The van der Waals surface area contributed by atoms with Gasteiger partial charge >= 0.3 is 0 Å². The van der Waals surface area contributed by atoms with Crippen LogP contribution >= 0.6 is 11.6 Å². The van der Waals surface area contributed by atoms with Crippen molar-refractivity contribution in [3.05, 3.63) is 83.1 Å². The van der Waals surface area contributed by atoms with Crippen molar-refractivity contribution < 1.29 is 14.3 Å². The van der Waals surface area contributed by atoms with Crippen LogP contribution in [0.3, 0.4) is 0 Å². The number of aryl methyl sites for hydroxylation is 1. The molecule has 1 aliphatic heterocycles. The van der Waals surface area contributed by atoms with E-state index in [9.17, 15) is 4.79 Å². The summed E-state index contributed by atoms with van der Waals surface area (Å²) in [4.78, 5) is 19.7. The lowest BCUT2D eigenvalue weighted by Gasteiger charge is -2.18. The zero-order chi connectivity index (χ0) is 23.7. The number of halogens is 1. The average molecular weight is 476 g/mol. The SMILES string of the molecule is COc1ccc(OCCn2c([C@@H]3CC(=O)N(c4ccc(Cl)c(C)c4)C3)nc3ccccc32)cc1. The molecule has 1 aliphatic rings. The number of nitrogens with zero attached hydrogens (tertiary/aromatic N) is 3. The highest BCUT2D eigenvalue weighted by molar-refractivity contribution is 6.31. The zero-order valence-electron chi connectivity index (χ0n) is 19.2. The summed E-state index contributed by atoms with van der Waals surface area (Å²) in [5.41, 5.74) is 3.80. The van der Waals surface area contributed by atoms with E-state index in [4.69, 9.17) is 26.1 Å². The van der Waals surface area contributed by atoms with Crippen molar-refractivity contribution in [3.8, 4) is 11.5 Å². The molecule has 1 atom stereocenters. The summed E-state index contributed by atoms with van der Waals surface area (Å²) in [6.45, 7) is 3.65. The Morgan fingerprint density at radius 1 is 1.06 bits per heavy atom. The molecule has 0 spiro atoms. The molecule has 6 nitrogen and oxygen atoms in total. The lowest BCUT2D eigenvalue weighted by Crippen LogP contribution is -2.24. The Morgan fingerprint density at radius 2 is 1.82 bits per heavy atom. The van der Waals surface area contributed by atoms with E-state index >= 15 is 0 Å². The van der Waals surface area contributed by atoms with Gasteiger partial charge in [-0.3, -0.25) is 4.79 Å². The minimum absolute atomic E-state index is 0.00290. The Hall–Kier alpha value is -3.51. The Labute approximate surface area is 203 Å². The lowest BCUT2D eigenvalue weighted by molar-refractivity contribution is -0.117. The van der Waals surface area contributed by atoms with Crippen molar-refractivity contribution in [1.29, 1.82) is 0 Å². The minimum Gasteiger partial charge on any atom is -0.497 e. The molecule has 1 aromatic heterocycles. The molecule has 1 amide bonds. The van der Waals surface area contributed by atoms with Crippen molar-refractivity contribution in [2.45, 2.75) is 25.8 Å². The van der Waals surface area contributed by atoms with Gasteiger partial charge in [-0.15, -0.1) is 0 Å². The van der Waals surface area contributed by atoms with Gasteiger partial charge in [0.25, 0.3) is 0 Å². The third-order valence-corrected chi connectivity index (χ3v) is 6.69. The summed E-state index contributed by atoms with van der Waals surface area (Å²) >= 11 is 6.19. The van der Waals surface area contributed by atoms with Crippen LogP contribution in [0.1, 0.15) is 23.7 Å². The number of ether oxygens (including phenoxy) is 2. The molecule has 0 saturated carbocycles. The highest BCUT2D eigenvalue weighted by atomic mass is 35.5. The summed E-state index contributed by atoms with van der Waals surface area (Å²) in [7, 11) is 1.64. The first-order chi connectivity index (χ1) is 16.5. The van der Waals surface area contributed by atoms with E-state index in [0.29, 0.717) is 31.1 Å². The number of imidazole rings is 1. The maximum atomic E-state index is 13.0. The quantitative estimate of drug-likeness (QED) is 0.349. The summed E-state index contributed by atoms with van der Waals surface area (Å²) in [6, 6.07) is 21.3. The van der Waals surface area contributed by atoms with Crippen LogP contribution in [0.2, 0.25) is 5.02 Å². The van der Waals surface area contributed by atoms with Gasteiger partial charge < -0.3 is 18.9 Å². The fourth-order valence-corrected chi connectivity index (χ4v) is 4.61. The molecule has 0 unspecified atom stereocenters. The Bertz CT molecular complexity index is 1330. The first kappa shape index (κ1) is 22.3. The van der Waals surface area contributed by atoms with Gasteiger partial charge in [0.05, 0.1) is 24.7 Å². The second kappa shape index (κ2) is 9.39. The smallest absolute Gasteiger partial charge is 0.227 e. The molecule has 174 valence electrons. The van der Waals surface area contributed by atoms with Gasteiger partial charge in [-0.25, -0.2) is 4.98 Å². The van der Waals surface area contributed by atoms with Gasteiger partial charge in [0, 0.05) is 29.6 Å². The average Bonchev–Trinajstić information content (AvgIpc) is 3.42. The Balaban J connectivity index is 1.38. The number of amides is 1. The van der Waals surface area contributed by atoms with E-state index in [-0.39, 0.29) is 11.8 Å². The van der Waals surface area contributed by atoms with E-state index < -0.39 is 0 Å². The fraction of sp³-hybridized carbons (Fsp3) is 0.259. The summed E-state index contributed by atoms with van der Waals surface area (Å²) in [5, 5.41) is 0.700. The zero-order valence-corrected chi connectivity index (χ0v) is 20.0. The van der Waals surface area contributed by atoms with Gasteiger partial charge in [0.1, 0.15) is 23.9 Å². The Morgan fingerprint density at radius 3 is 2.59 bits per heavy atom. The van der Waals surface area contributed by atoms with Gasteiger partial charge in [0.2, 0.25) is 5.91 Å². The molecule has 2 heterocycles. The molecule has 0 N–H and O–H groups in total. The molecule has 0 aliphatic carbocycles. The monoisotopic (exact) mass is 475 g/mol. The number of anilines is 1. The number of hydrogen-bond donors (Lipinski definition) is 0. The molecule has 7 heteroatoms. The third-order valence-electron chi connectivity index (χ3n) is 6.27. The predicted molar refractivity (Wildman–Crippen MR) is 134 cm³/mol. The second-order valence-electron chi connectivity index (χ2n) is 8.47. The molecule has 0 radical (unpaired) electrons. The third kappa shape index (κ3) is 4.33. The fourth-order valence-electron chi connectivity index (χ4n) is 4.49. The molecule has 0 bridgehead atoms. The van der Waals surface area contributed by atoms with Crippen LogP contribution in [0.4, 0.5) is 5.69 Å². The number of benzene rings is 3. The number of carbonyl (C=O) groups excluding carboxylic acids is 1. The molecular formula is C27H26ClN3O3. The van der Waals surface area contributed by atoms with Crippen LogP contribution in [0, 0.1) is 6.92 Å². The largest absolute Gasteiger partial charge is 0.497 e. The highest BCUT2D eigenvalue weighted by Gasteiger charge is 2.35. The van der Waals surface area contributed by atoms with E-state index in [0.717, 1.165) is 39.6 Å². The normalized spacial score (nSPS) is 15.8. The number of para-hydroxylation sites is 2. The van der Waals surface area contributed by atoms with E-state index in [1.165, 1.54) is 0 Å². The van der Waals surface area contributed by atoms with Gasteiger partial charge in [-0.1, -0.05) is 23.7 Å². The number of carbonyl (C=O) groups is 1. The van der Waals surface area contributed by atoms with E-state index in [1.54, 1.807) is 7.11 Å². The van der Waals surface area contributed by atoms with Crippen molar-refractivity contribution in [2.24, 2.45) is 0 Å².